The number of rotatable bonds is 5. The van der Waals surface area contributed by atoms with E-state index in [1.165, 1.54) is 14.4 Å². The molecule has 2 aromatic rings. The molecule has 0 radical (unpaired) electrons. The molecule has 0 aromatic heterocycles. The van der Waals surface area contributed by atoms with Gasteiger partial charge in [-0.15, -0.1) is 4.58 Å². The van der Waals surface area contributed by atoms with Gasteiger partial charge in [-0.25, -0.2) is 9.69 Å². The van der Waals surface area contributed by atoms with Crippen LogP contribution in [-0.4, -0.2) is 68.0 Å². The maximum absolute atomic E-state index is 13.6. The Bertz CT molecular complexity index is 1510. The molecule has 11 heteroatoms. The Kier molecular flexibility index (Phi) is 6.99. The first-order chi connectivity index (χ1) is 18.8. The van der Waals surface area contributed by atoms with E-state index in [-0.39, 0.29) is 50.0 Å². The first kappa shape index (κ1) is 27.5. The van der Waals surface area contributed by atoms with Gasteiger partial charge in [-0.1, -0.05) is 23.7 Å². The van der Waals surface area contributed by atoms with Gasteiger partial charge in [0.1, 0.15) is 23.9 Å². The Morgan fingerprint density at radius 3 is 2.52 bits per heavy atom. The molecule has 1 saturated heterocycles. The first-order valence-corrected chi connectivity index (χ1v) is 13.4. The molecule has 3 aliphatic heterocycles. The van der Waals surface area contributed by atoms with Crippen LogP contribution in [0.25, 0.3) is 0 Å². The molecule has 40 heavy (non-hydrogen) atoms. The number of ether oxygens (including phenoxy) is 1. The zero-order valence-electron chi connectivity index (χ0n) is 22.7. The minimum absolute atomic E-state index is 0.0255. The van der Waals surface area contributed by atoms with Gasteiger partial charge in [-0.05, 0) is 69.0 Å². The summed E-state index contributed by atoms with van der Waals surface area (Å²) in [6.45, 7) is 7.57. The molecule has 5 amide bonds. The fourth-order valence-corrected chi connectivity index (χ4v) is 5.30. The molecule has 208 valence electrons. The van der Waals surface area contributed by atoms with Crippen molar-refractivity contribution in [2.24, 2.45) is 0 Å². The Labute approximate surface area is 236 Å². The van der Waals surface area contributed by atoms with Crippen LogP contribution < -0.4 is 5.32 Å². The number of benzene rings is 2. The molecule has 3 aliphatic rings. The summed E-state index contributed by atoms with van der Waals surface area (Å²) in [5.41, 5.74) is 2.71. The van der Waals surface area contributed by atoms with E-state index in [9.17, 15) is 24.0 Å². The topological polar surface area (TPSA) is 116 Å². The lowest BCUT2D eigenvalue weighted by Crippen LogP contribution is -2.52. The molecule has 2 aromatic carbocycles. The second-order valence-electron chi connectivity index (χ2n) is 11.2. The number of carbonyl (C=O) groups excluding carboxylic acids is 5. The fraction of sp³-hybridized carbons (Fsp3) is 0.379. The van der Waals surface area contributed by atoms with E-state index >= 15 is 0 Å². The number of imide groups is 1. The second-order valence-corrected chi connectivity index (χ2v) is 11.7. The van der Waals surface area contributed by atoms with E-state index in [1.807, 2.05) is 13.0 Å². The van der Waals surface area contributed by atoms with Crippen molar-refractivity contribution in [3.63, 3.8) is 0 Å². The van der Waals surface area contributed by atoms with Gasteiger partial charge in [-0.2, -0.15) is 4.79 Å². The minimum atomic E-state index is -0.752. The highest BCUT2D eigenvalue weighted by Crippen LogP contribution is 2.30. The lowest BCUT2D eigenvalue weighted by Gasteiger charge is -2.29. The predicted octanol–water partition coefficient (Wildman–Crippen LogP) is 3.47. The number of esters is 1. The maximum atomic E-state index is 13.6. The quantitative estimate of drug-likeness (QED) is 0.337. The van der Waals surface area contributed by atoms with Crippen LogP contribution in [0.1, 0.15) is 60.7 Å². The average Bonchev–Trinajstić information content (AvgIpc) is 3.36. The van der Waals surface area contributed by atoms with E-state index in [2.05, 4.69) is 5.32 Å². The highest BCUT2D eigenvalue weighted by Gasteiger charge is 2.45. The molecule has 0 aliphatic carbocycles. The van der Waals surface area contributed by atoms with Gasteiger partial charge in [0, 0.05) is 29.6 Å². The smallest absolute Gasteiger partial charge is 0.454 e. The van der Waals surface area contributed by atoms with E-state index < -0.39 is 29.6 Å². The minimum Gasteiger partial charge on any atom is -0.454 e. The molecule has 1 atom stereocenters. The lowest BCUT2D eigenvalue weighted by molar-refractivity contribution is -0.333. The van der Waals surface area contributed by atoms with E-state index in [4.69, 9.17) is 16.3 Å². The summed E-state index contributed by atoms with van der Waals surface area (Å²) >= 11 is 6.34. The van der Waals surface area contributed by atoms with E-state index in [0.29, 0.717) is 16.3 Å². The molecule has 5 rings (SSSR count). The zero-order valence-corrected chi connectivity index (χ0v) is 23.5. The molecule has 1 N–H and O–H groups in total. The Balaban J connectivity index is 1.39. The van der Waals surface area contributed by atoms with Crippen molar-refractivity contribution in [3.8, 4) is 0 Å². The number of piperidine rings is 1. The molecule has 1 fully saturated rings. The van der Waals surface area contributed by atoms with Crippen LogP contribution in [0.4, 0.5) is 10.5 Å². The van der Waals surface area contributed by atoms with Crippen LogP contribution >= 0.6 is 11.6 Å². The van der Waals surface area contributed by atoms with Crippen LogP contribution in [0, 0.1) is 6.92 Å². The Hall–Kier alpha value is -4.05. The highest BCUT2D eigenvalue weighted by atomic mass is 35.5. The van der Waals surface area contributed by atoms with Crippen molar-refractivity contribution in [2.75, 3.05) is 6.54 Å². The molecule has 3 heterocycles. The third-order valence-electron chi connectivity index (χ3n) is 7.08. The van der Waals surface area contributed by atoms with Crippen molar-refractivity contribution < 1.29 is 33.3 Å². The van der Waals surface area contributed by atoms with Crippen molar-refractivity contribution >= 4 is 52.7 Å². The number of urea groups is 1. The van der Waals surface area contributed by atoms with Crippen LogP contribution in [-0.2, 0) is 32.2 Å². The van der Waals surface area contributed by atoms with Gasteiger partial charge in [0.15, 0.2) is 6.54 Å². The van der Waals surface area contributed by atoms with Crippen molar-refractivity contribution in [2.45, 2.75) is 65.3 Å². The summed E-state index contributed by atoms with van der Waals surface area (Å²) in [7, 11) is 0. The van der Waals surface area contributed by atoms with Crippen LogP contribution in [0.5, 0.6) is 0 Å². The SMILES string of the molecule is Cc1ccc([N+]2=C(C(=O)OC(C)(C)C)CN(Cc3ccc4c(c3)CN(C3CCC(=O)NC3=O)C4=O)C2=O)cc1Cl. The number of halogens is 1. The zero-order chi connectivity index (χ0) is 28.9. The summed E-state index contributed by atoms with van der Waals surface area (Å²) < 4.78 is 6.94. The lowest BCUT2D eigenvalue weighted by atomic mass is 10.0. The largest absolute Gasteiger partial charge is 0.499 e. The molecule has 10 nitrogen and oxygen atoms in total. The number of nitrogens with zero attached hydrogens (tertiary/aromatic N) is 3. The van der Waals surface area contributed by atoms with Gasteiger partial charge >= 0.3 is 12.0 Å². The summed E-state index contributed by atoms with van der Waals surface area (Å²) in [4.78, 5) is 66.7. The summed E-state index contributed by atoms with van der Waals surface area (Å²) in [6.07, 6.45) is 0.458. The van der Waals surface area contributed by atoms with Gasteiger partial charge in [-0.3, -0.25) is 19.7 Å². The monoisotopic (exact) mass is 565 g/mol. The number of hydrogen-bond acceptors (Lipinski definition) is 6. The van der Waals surface area contributed by atoms with Gasteiger partial charge < -0.3 is 9.64 Å². The first-order valence-electron chi connectivity index (χ1n) is 13.0. The molecular weight excluding hydrogens is 536 g/mol. The maximum Gasteiger partial charge on any atom is 0.499 e. The molecule has 0 bridgehead atoms. The number of aryl methyl sites for hydroxylation is 1. The summed E-state index contributed by atoms with van der Waals surface area (Å²) in [6, 6.07) is 9.35. The summed E-state index contributed by atoms with van der Waals surface area (Å²) in [5, 5.41) is 2.77. The van der Waals surface area contributed by atoms with Crippen LogP contribution in [0.3, 0.4) is 0 Å². The molecule has 1 unspecified atom stereocenters. The molecule has 0 saturated carbocycles. The van der Waals surface area contributed by atoms with Crippen molar-refractivity contribution in [3.05, 3.63) is 63.7 Å². The van der Waals surface area contributed by atoms with Gasteiger partial charge in [0.2, 0.25) is 17.5 Å². The second kappa shape index (κ2) is 10.2. The van der Waals surface area contributed by atoms with Gasteiger partial charge in [0.25, 0.3) is 5.91 Å². The van der Waals surface area contributed by atoms with Crippen molar-refractivity contribution in [1.29, 1.82) is 0 Å². The van der Waals surface area contributed by atoms with Crippen LogP contribution in [0.2, 0.25) is 5.02 Å². The number of fused-ring (bicyclic) bond motifs is 1. The predicted molar refractivity (Wildman–Crippen MR) is 145 cm³/mol. The summed E-state index contributed by atoms with van der Waals surface area (Å²) in [5.74, 6) is -1.68. The number of hydrogen-bond donors (Lipinski definition) is 1. The normalized spacial score (nSPS) is 19.4. The Morgan fingerprint density at radius 1 is 1.10 bits per heavy atom. The van der Waals surface area contributed by atoms with Crippen LogP contribution in [0.15, 0.2) is 36.4 Å². The fourth-order valence-electron chi connectivity index (χ4n) is 5.13. The Morgan fingerprint density at radius 2 is 1.85 bits per heavy atom. The molecular formula is C29H30ClN4O6+. The van der Waals surface area contributed by atoms with E-state index in [1.54, 1.807) is 51.1 Å². The third-order valence-corrected chi connectivity index (χ3v) is 7.49. The highest BCUT2D eigenvalue weighted by molar-refractivity contribution is 6.37. The third kappa shape index (κ3) is 5.23. The standard InChI is InChI=1S/C29H29ClN4O6/c1-16-5-7-19(12-21(16)30)34-23(27(38)40-29(2,3)4)15-32(28(34)39)13-17-6-8-20-18(11-17)14-33(26(20)37)22-9-10-24(35)31-25(22)36/h5-8,11-12,22H,9-10,13-15H2,1-4H3/p+1. The number of amides is 5. The average molecular weight is 566 g/mol. The molecule has 0 spiro atoms. The van der Waals surface area contributed by atoms with Gasteiger partial charge in [0.05, 0.1) is 0 Å². The van der Waals surface area contributed by atoms with Crippen molar-refractivity contribution in [1.82, 2.24) is 15.1 Å². The van der Waals surface area contributed by atoms with E-state index in [0.717, 1.165) is 16.7 Å². The number of carbonyl (C=O) groups is 5. The number of nitrogens with one attached hydrogen (secondary N) is 1.